The van der Waals surface area contributed by atoms with Crippen LogP contribution in [0.2, 0.25) is 0 Å². The predicted octanol–water partition coefficient (Wildman–Crippen LogP) is 2.97. The second-order valence-electron chi connectivity index (χ2n) is 5.02. The van der Waals surface area contributed by atoms with Gasteiger partial charge >= 0.3 is 11.8 Å². The Bertz CT molecular complexity index is 741. The summed E-state index contributed by atoms with van der Waals surface area (Å²) < 4.78 is 10.4. The zero-order chi connectivity index (χ0) is 13.5. The quantitative estimate of drug-likeness (QED) is 0.726. The molecule has 0 atom stereocenters. The summed E-state index contributed by atoms with van der Waals surface area (Å²) in [6, 6.07) is 7.91. The molecule has 0 radical (unpaired) electrons. The van der Waals surface area contributed by atoms with Gasteiger partial charge in [-0.3, -0.25) is 0 Å². The molecular weight excluding hydrogens is 256 g/mol. The first-order valence-corrected chi connectivity index (χ1v) is 6.54. The average molecular weight is 268 g/mol. The Balaban J connectivity index is 1.64. The monoisotopic (exact) mass is 268 g/mol. The Morgan fingerprint density at radius 2 is 1.65 bits per heavy atom. The van der Waals surface area contributed by atoms with E-state index in [0.29, 0.717) is 11.7 Å². The van der Waals surface area contributed by atoms with Crippen molar-refractivity contribution in [3.63, 3.8) is 0 Å². The van der Waals surface area contributed by atoms with E-state index in [4.69, 9.17) is 9.05 Å². The van der Waals surface area contributed by atoms with Gasteiger partial charge in [0.2, 0.25) is 5.82 Å². The molecule has 0 N–H and O–H groups in total. The van der Waals surface area contributed by atoms with E-state index < -0.39 is 0 Å². The molecule has 6 nitrogen and oxygen atoms in total. The first kappa shape index (κ1) is 11.3. The Morgan fingerprint density at radius 1 is 0.950 bits per heavy atom. The largest absolute Gasteiger partial charge is 0.329 e. The molecule has 4 rings (SSSR count). The fourth-order valence-electron chi connectivity index (χ4n) is 1.96. The van der Waals surface area contributed by atoms with Crippen molar-refractivity contribution in [1.82, 2.24) is 20.3 Å². The standard InChI is InChI=1S/C14H12N4O2/c1-8-2-4-9(5-3-8)11-15-13(19-17-11)14-16-12(18-20-14)10-6-7-10/h2-5,10H,6-7H2,1H3. The van der Waals surface area contributed by atoms with Crippen LogP contribution in [0.25, 0.3) is 23.2 Å². The fraction of sp³-hybridized carbons (Fsp3) is 0.286. The topological polar surface area (TPSA) is 77.8 Å². The lowest BCUT2D eigenvalue weighted by molar-refractivity contribution is 0.380. The summed E-state index contributed by atoms with van der Waals surface area (Å²) >= 11 is 0. The second-order valence-corrected chi connectivity index (χ2v) is 5.02. The third-order valence-corrected chi connectivity index (χ3v) is 3.30. The molecule has 0 unspecified atom stereocenters. The summed E-state index contributed by atoms with van der Waals surface area (Å²) in [6.07, 6.45) is 2.24. The van der Waals surface area contributed by atoms with E-state index >= 15 is 0 Å². The lowest BCUT2D eigenvalue weighted by Gasteiger charge is -1.94. The highest BCUT2D eigenvalue weighted by atomic mass is 16.5. The molecule has 0 spiro atoms. The molecule has 20 heavy (non-hydrogen) atoms. The zero-order valence-corrected chi connectivity index (χ0v) is 10.9. The first-order valence-electron chi connectivity index (χ1n) is 6.54. The highest BCUT2D eigenvalue weighted by Crippen LogP contribution is 2.38. The number of hydrogen-bond acceptors (Lipinski definition) is 6. The van der Waals surface area contributed by atoms with Crippen molar-refractivity contribution in [2.75, 3.05) is 0 Å². The summed E-state index contributed by atoms with van der Waals surface area (Å²) in [4.78, 5) is 8.59. The molecule has 0 saturated heterocycles. The fourth-order valence-corrected chi connectivity index (χ4v) is 1.96. The number of aryl methyl sites for hydroxylation is 1. The highest BCUT2D eigenvalue weighted by molar-refractivity contribution is 5.56. The Morgan fingerprint density at radius 3 is 2.40 bits per heavy atom. The molecule has 2 heterocycles. The predicted molar refractivity (Wildman–Crippen MR) is 69.7 cm³/mol. The molecule has 100 valence electrons. The van der Waals surface area contributed by atoms with Crippen LogP contribution >= 0.6 is 0 Å². The van der Waals surface area contributed by atoms with Crippen LogP contribution in [0.15, 0.2) is 33.3 Å². The number of nitrogens with zero attached hydrogens (tertiary/aromatic N) is 4. The molecule has 0 bridgehead atoms. The van der Waals surface area contributed by atoms with Gasteiger partial charge in [-0.25, -0.2) is 0 Å². The number of aromatic nitrogens is 4. The van der Waals surface area contributed by atoms with Crippen molar-refractivity contribution >= 4 is 0 Å². The van der Waals surface area contributed by atoms with Crippen molar-refractivity contribution in [2.45, 2.75) is 25.7 Å². The van der Waals surface area contributed by atoms with Crippen molar-refractivity contribution in [3.05, 3.63) is 35.7 Å². The number of benzene rings is 1. The van der Waals surface area contributed by atoms with Gasteiger partial charge in [0, 0.05) is 11.5 Å². The minimum absolute atomic E-state index is 0.264. The van der Waals surface area contributed by atoms with Crippen molar-refractivity contribution < 1.29 is 9.05 Å². The minimum Gasteiger partial charge on any atom is -0.329 e. The van der Waals surface area contributed by atoms with Crippen LogP contribution in [0.5, 0.6) is 0 Å². The molecule has 0 aliphatic heterocycles. The summed E-state index contributed by atoms with van der Waals surface area (Å²) in [5, 5.41) is 7.88. The van der Waals surface area contributed by atoms with Crippen LogP contribution in [0, 0.1) is 6.92 Å². The summed E-state index contributed by atoms with van der Waals surface area (Å²) in [6.45, 7) is 2.03. The second kappa shape index (κ2) is 4.26. The molecular formula is C14H12N4O2. The molecule has 0 amide bonds. The van der Waals surface area contributed by atoms with E-state index in [0.717, 1.165) is 24.2 Å². The minimum atomic E-state index is 0.264. The van der Waals surface area contributed by atoms with Crippen LogP contribution in [-0.2, 0) is 0 Å². The smallest absolute Gasteiger partial charge is 0.316 e. The van der Waals surface area contributed by atoms with Gasteiger partial charge in [0.15, 0.2) is 5.82 Å². The van der Waals surface area contributed by atoms with Gasteiger partial charge in [-0.2, -0.15) is 9.97 Å². The summed E-state index contributed by atoms with van der Waals surface area (Å²) in [5.41, 5.74) is 2.08. The molecule has 1 aliphatic rings. The van der Waals surface area contributed by atoms with E-state index in [2.05, 4.69) is 20.3 Å². The van der Waals surface area contributed by atoms with E-state index in [1.807, 2.05) is 31.2 Å². The van der Waals surface area contributed by atoms with Crippen LogP contribution in [0.3, 0.4) is 0 Å². The van der Waals surface area contributed by atoms with Crippen molar-refractivity contribution in [3.8, 4) is 23.2 Å². The lowest BCUT2D eigenvalue weighted by atomic mass is 10.1. The van der Waals surface area contributed by atoms with Gasteiger partial charge in [-0.1, -0.05) is 40.1 Å². The van der Waals surface area contributed by atoms with Gasteiger partial charge in [0.25, 0.3) is 0 Å². The number of hydrogen-bond donors (Lipinski definition) is 0. The maximum absolute atomic E-state index is 5.19. The van der Waals surface area contributed by atoms with E-state index in [1.165, 1.54) is 5.56 Å². The molecule has 1 fully saturated rings. The van der Waals surface area contributed by atoms with Crippen molar-refractivity contribution in [2.24, 2.45) is 0 Å². The molecule has 3 aromatic rings. The van der Waals surface area contributed by atoms with Gasteiger partial charge in [0.05, 0.1) is 0 Å². The van der Waals surface area contributed by atoms with Gasteiger partial charge in [-0.15, -0.1) is 0 Å². The first-order chi connectivity index (χ1) is 9.79. The summed E-state index contributed by atoms with van der Waals surface area (Å²) in [5.74, 6) is 2.24. The van der Waals surface area contributed by atoms with Crippen LogP contribution in [-0.4, -0.2) is 20.3 Å². The van der Waals surface area contributed by atoms with Gasteiger partial charge in [0.1, 0.15) is 0 Å². The van der Waals surface area contributed by atoms with E-state index in [-0.39, 0.29) is 11.8 Å². The maximum atomic E-state index is 5.19. The summed E-state index contributed by atoms with van der Waals surface area (Å²) in [7, 11) is 0. The van der Waals surface area contributed by atoms with E-state index in [9.17, 15) is 0 Å². The van der Waals surface area contributed by atoms with Crippen LogP contribution in [0.1, 0.15) is 30.1 Å². The Kier molecular flexibility index (Phi) is 2.42. The molecule has 2 aromatic heterocycles. The third kappa shape index (κ3) is 1.99. The van der Waals surface area contributed by atoms with Crippen LogP contribution < -0.4 is 0 Å². The van der Waals surface area contributed by atoms with Crippen molar-refractivity contribution in [1.29, 1.82) is 0 Å². The molecule has 6 heteroatoms. The zero-order valence-electron chi connectivity index (χ0n) is 10.9. The third-order valence-electron chi connectivity index (χ3n) is 3.30. The van der Waals surface area contributed by atoms with Gasteiger partial charge < -0.3 is 9.05 Å². The highest BCUT2D eigenvalue weighted by Gasteiger charge is 2.30. The van der Waals surface area contributed by atoms with Crippen LogP contribution in [0.4, 0.5) is 0 Å². The Labute approximate surface area is 114 Å². The van der Waals surface area contributed by atoms with E-state index in [1.54, 1.807) is 0 Å². The maximum Gasteiger partial charge on any atom is 0.316 e. The van der Waals surface area contributed by atoms with Gasteiger partial charge in [-0.05, 0) is 19.8 Å². The SMILES string of the molecule is Cc1ccc(-c2noc(-c3nc(C4CC4)no3)n2)cc1. The average Bonchev–Trinajstić information content (AvgIpc) is 3.01. The Hall–Kier alpha value is -2.50. The molecule has 1 aliphatic carbocycles. The lowest BCUT2D eigenvalue weighted by Crippen LogP contribution is -1.83. The molecule has 1 saturated carbocycles. The number of rotatable bonds is 3. The normalized spacial score (nSPS) is 14.7. The molecule has 1 aromatic carbocycles.